The Morgan fingerprint density at radius 1 is 1.16 bits per heavy atom. The number of aromatic nitrogens is 2. The van der Waals surface area contributed by atoms with Gasteiger partial charge in [-0.1, -0.05) is 0 Å². The van der Waals surface area contributed by atoms with Crippen LogP contribution in [0.4, 0.5) is 8.78 Å². The van der Waals surface area contributed by atoms with Crippen LogP contribution >= 0.6 is 11.3 Å². The van der Waals surface area contributed by atoms with Crippen molar-refractivity contribution < 1.29 is 8.78 Å². The molecule has 0 saturated carbocycles. The second kappa shape index (κ2) is 8.36. The Balaban J connectivity index is 1.67. The predicted octanol–water partition coefficient (Wildman–Crippen LogP) is 4.62. The average Bonchev–Trinajstić information content (AvgIpc) is 3.23. The third-order valence-electron chi connectivity index (χ3n) is 4.03. The zero-order valence-electron chi connectivity index (χ0n) is 14.2. The molecule has 0 spiro atoms. The van der Waals surface area contributed by atoms with Crippen LogP contribution in [-0.2, 0) is 19.6 Å². The second-order valence-electron chi connectivity index (χ2n) is 6.11. The number of hydrogen-bond donors (Lipinski definition) is 0. The summed E-state index contributed by atoms with van der Waals surface area (Å²) in [6.45, 7) is 4.85. The van der Waals surface area contributed by atoms with Gasteiger partial charge < -0.3 is 4.57 Å². The molecule has 0 aliphatic heterocycles. The van der Waals surface area contributed by atoms with Crippen LogP contribution < -0.4 is 0 Å². The van der Waals surface area contributed by atoms with Crippen molar-refractivity contribution in [3.63, 3.8) is 0 Å². The zero-order valence-corrected chi connectivity index (χ0v) is 15.0. The molecule has 0 atom stereocenters. The van der Waals surface area contributed by atoms with Gasteiger partial charge in [0.05, 0.1) is 6.33 Å². The summed E-state index contributed by atoms with van der Waals surface area (Å²) in [7, 11) is 0. The molecule has 6 heteroatoms. The van der Waals surface area contributed by atoms with Crippen molar-refractivity contribution >= 4 is 11.3 Å². The Kier molecular flexibility index (Phi) is 5.94. The van der Waals surface area contributed by atoms with E-state index in [1.54, 1.807) is 23.9 Å². The van der Waals surface area contributed by atoms with Gasteiger partial charge in [-0.25, -0.2) is 13.8 Å². The van der Waals surface area contributed by atoms with Gasteiger partial charge >= 0.3 is 0 Å². The summed E-state index contributed by atoms with van der Waals surface area (Å²) in [6, 6.07) is 7.84. The van der Waals surface area contributed by atoms with E-state index in [1.165, 1.54) is 21.9 Å². The molecule has 0 fully saturated rings. The Labute approximate surface area is 150 Å². The molecule has 25 heavy (non-hydrogen) atoms. The van der Waals surface area contributed by atoms with Gasteiger partial charge in [0.15, 0.2) is 0 Å². The van der Waals surface area contributed by atoms with Crippen molar-refractivity contribution in [1.29, 1.82) is 0 Å². The predicted molar refractivity (Wildman–Crippen MR) is 96.4 cm³/mol. The maximum atomic E-state index is 14.0. The number of benzene rings is 1. The zero-order chi connectivity index (χ0) is 17.6. The summed E-state index contributed by atoms with van der Waals surface area (Å²) in [5.74, 6) is -0.759. The smallest absolute Gasteiger partial charge is 0.127 e. The fourth-order valence-corrected chi connectivity index (χ4v) is 3.74. The highest BCUT2D eigenvalue weighted by atomic mass is 32.1. The summed E-state index contributed by atoms with van der Waals surface area (Å²) in [5.41, 5.74) is 0.399. The molecule has 3 nitrogen and oxygen atoms in total. The van der Waals surface area contributed by atoms with Crippen LogP contribution in [0.3, 0.4) is 0 Å². The molecular weight excluding hydrogens is 340 g/mol. The van der Waals surface area contributed by atoms with Gasteiger partial charge in [0, 0.05) is 53.9 Å². The summed E-state index contributed by atoms with van der Waals surface area (Å²) >= 11 is 1.74. The molecule has 0 saturated heterocycles. The van der Waals surface area contributed by atoms with E-state index >= 15 is 0 Å². The second-order valence-corrected chi connectivity index (χ2v) is 7.49. The molecule has 0 aliphatic carbocycles. The monoisotopic (exact) mass is 361 g/mol. The van der Waals surface area contributed by atoms with Crippen LogP contribution in [-0.4, -0.2) is 21.0 Å². The third kappa shape index (κ3) is 5.21. The first-order valence-corrected chi connectivity index (χ1v) is 9.09. The summed E-state index contributed by atoms with van der Waals surface area (Å²) < 4.78 is 29.5. The number of imidazole rings is 1. The number of halogens is 2. The summed E-state index contributed by atoms with van der Waals surface area (Å²) in [4.78, 5) is 8.69. The van der Waals surface area contributed by atoms with Gasteiger partial charge in [-0.05, 0) is 43.7 Å². The first-order valence-electron chi connectivity index (χ1n) is 8.27. The maximum absolute atomic E-state index is 14.0. The van der Waals surface area contributed by atoms with Gasteiger partial charge in [0.25, 0.3) is 0 Å². The molecule has 0 N–H and O–H groups in total. The fourth-order valence-electron chi connectivity index (χ4n) is 2.81. The molecule has 132 valence electrons. The highest BCUT2D eigenvalue weighted by Gasteiger charge is 2.12. The van der Waals surface area contributed by atoms with E-state index in [2.05, 4.69) is 28.9 Å². The molecule has 0 aliphatic rings. The first kappa shape index (κ1) is 17.8. The minimum absolute atomic E-state index is 0.358. The SMILES string of the molecule is Cc1ccc(CN(CCCn2ccnc2)Cc2cc(F)ccc2F)s1. The van der Waals surface area contributed by atoms with Gasteiger partial charge in [-0.3, -0.25) is 4.90 Å². The minimum atomic E-state index is -0.401. The van der Waals surface area contributed by atoms with E-state index < -0.39 is 5.82 Å². The van der Waals surface area contributed by atoms with Crippen molar-refractivity contribution in [2.24, 2.45) is 0 Å². The Morgan fingerprint density at radius 2 is 2.04 bits per heavy atom. The highest BCUT2D eigenvalue weighted by Crippen LogP contribution is 2.20. The van der Waals surface area contributed by atoms with Crippen LogP contribution in [0.2, 0.25) is 0 Å². The first-order chi connectivity index (χ1) is 12.1. The molecule has 3 aromatic rings. The average molecular weight is 361 g/mol. The van der Waals surface area contributed by atoms with E-state index in [4.69, 9.17) is 0 Å². The third-order valence-corrected chi connectivity index (χ3v) is 5.01. The van der Waals surface area contributed by atoms with Gasteiger partial charge in [-0.15, -0.1) is 11.3 Å². The van der Waals surface area contributed by atoms with Gasteiger partial charge in [0.2, 0.25) is 0 Å². The molecule has 2 aromatic heterocycles. The quantitative estimate of drug-likeness (QED) is 0.584. The normalized spacial score (nSPS) is 11.4. The van der Waals surface area contributed by atoms with E-state index in [-0.39, 0.29) is 5.82 Å². The molecule has 1 aromatic carbocycles. The van der Waals surface area contributed by atoms with Crippen molar-refractivity contribution in [2.45, 2.75) is 33.0 Å². The van der Waals surface area contributed by atoms with E-state index in [0.29, 0.717) is 12.1 Å². The molecule has 0 bridgehead atoms. The molecule has 0 unspecified atom stereocenters. The van der Waals surface area contributed by atoms with Gasteiger partial charge in [0.1, 0.15) is 11.6 Å². The van der Waals surface area contributed by atoms with Crippen LogP contribution in [0.1, 0.15) is 21.7 Å². The Bertz CT molecular complexity index is 799. The largest absolute Gasteiger partial charge is 0.337 e. The van der Waals surface area contributed by atoms with Crippen molar-refractivity contribution in [3.05, 3.63) is 76.0 Å². The Hall–Kier alpha value is -2.05. The van der Waals surface area contributed by atoms with Crippen molar-refractivity contribution in [1.82, 2.24) is 14.5 Å². The fraction of sp³-hybridized carbons (Fsp3) is 0.316. The van der Waals surface area contributed by atoms with E-state index in [0.717, 1.165) is 32.1 Å². The lowest BCUT2D eigenvalue weighted by Gasteiger charge is -2.22. The summed E-state index contributed by atoms with van der Waals surface area (Å²) in [5, 5.41) is 0. The molecule has 0 amide bonds. The number of thiophene rings is 1. The lowest BCUT2D eigenvalue weighted by atomic mass is 10.2. The molecular formula is C19H21F2N3S. The van der Waals surface area contributed by atoms with Crippen LogP contribution in [0.25, 0.3) is 0 Å². The van der Waals surface area contributed by atoms with Crippen molar-refractivity contribution in [3.8, 4) is 0 Å². The lowest BCUT2D eigenvalue weighted by Crippen LogP contribution is -2.25. The molecule has 0 radical (unpaired) electrons. The maximum Gasteiger partial charge on any atom is 0.127 e. The van der Waals surface area contributed by atoms with Crippen LogP contribution in [0.15, 0.2) is 49.1 Å². The Morgan fingerprint density at radius 3 is 2.76 bits per heavy atom. The molecule has 3 rings (SSSR count). The highest BCUT2D eigenvalue weighted by molar-refractivity contribution is 7.11. The van der Waals surface area contributed by atoms with Crippen LogP contribution in [0.5, 0.6) is 0 Å². The summed E-state index contributed by atoms with van der Waals surface area (Å²) in [6.07, 6.45) is 6.39. The van der Waals surface area contributed by atoms with E-state index in [9.17, 15) is 8.78 Å². The number of aryl methyl sites for hydroxylation is 2. The van der Waals surface area contributed by atoms with Crippen molar-refractivity contribution in [2.75, 3.05) is 6.54 Å². The lowest BCUT2D eigenvalue weighted by molar-refractivity contribution is 0.247. The molecule has 2 heterocycles. The topological polar surface area (TPSA) is 21.1 Å². The number of rotatable bonds is 8. The van der Waals surface area contributed by atoms with E-state index in [1.807, 2.05) is 10.8 Å². The number of nitrogens with zero attached hydrogens (tertiary/aromatic N) is 3. The van der Waals surface area contributed by atoms with Gasteiger partial charge in [-0.2, -0.15) is 0 Å². The number of hydrogen-bond acceptors (Lipinski definition) is 3. The standard InChI is InChI=1S/C19H21F2N3S/c1-15-3-5-18(25-15)13-24(9-2-8-23-10-7-22-14-23)12-16-11-17(20)4-6-19(16)21/h3-7,10-11,14H,2,8-9,12-13H2,1H3. The minimum Gasteiger partial charge on any atom is -0.337 e. The van der Waals surface area contributed by atoms with Crippen LogP contribution in [0, 0.1) is 18.6 Å².